The van der Waals surface area contributed by atoms with Crippen LogP contribution in [0.5, 0.6) is 23.0 Å². The Hall–Kier alpha value is -2.14. The SMILES string of the molecule is COc1cc(CBr)c(OC)c2c(OC)c3ccccc3c(OC)c12. The molecule has 5 heteroatoms. The molecule has 3 aromatic carbocycles. The Morgan fingerprint density at radius 3 is 1.75 bits per heavy atom. The van der Waals surface area contributed by atoms with Crippen LogP contribution in [0.4, 0.5) is 0 Å². The van der Waals surface area contributed by atoms with Gasteiger partial charge in [-0.2, -0.15) is 0 Å². The minimum Gasteiger partial charge on any atom is -0.496 e. The normalized spacial score (nSPS) is 10.9. The molecule has 0 N–H and O–H groups in total. The van der Waals surface area contributed by atoms with E-state index >= 15 is 0 Å². The summed E-state index contributed by atoms with van der Waals surface area (Å²) in [5.74, 6) is 2.97. The Bertz CT molecular complexity index is 905. The number of rotatable bonds is 5. The highest BCUT2D eigenvalue weighted by atomic mass is 79.9. The smallest absolute Gasteiger partial charge is 0.138 e. The number of alkyl halides is 1. The third kappa shape index (κ3) is 2.35. The van der Waals surface area contributed by atoms with E-state index in [0.717, 1.165) is 50.1 Å². The van der Waals surface area contributed by atoms with E-state index in [1.807, 2.05) is 30.3 Å². The summed E-state index contributed by atoms with van der Waals surface area (Å²) in [4.78, 5) is 0. The van der Waals surface area contributed by atoms with Crippen molar-refractivity contribution >= 4 is 37.5 Å². The third-order valence-corrected chi connectivity index (χ3v) is 4.77. The van der Waals surface area contributed by atoms with E-state index in [0.29, 0.717) is 5.33 Å². The van der Waals surface area contributed by atoms with Crippen LogP contribution >= 0.6 is 15.9 Å². The van der Waals surface area contributed by atoms with E-state index in [2.05, 4.69) is 15.9 Å². The van der Waals surface area contributed by atoms with Crippen LogP contribution in [-0.4, -0.2) is 28.4 Å². The Morgan fingerprint density at radius 1 is 0.750 bits per heavy atom. The summed E-state index contributed by atoms with van der Waals surface area (Å²) in [6.45, 7) is 0. The number of benzene rings is 3. The number of hydrogen-bond acceptors (Lipinski definition) is 4. The Morgan fingerprint density at radius 2 is 1.29 bits per heavy atom. The Kier molecular flexibility index (Phi) is 4.71. The maximum Gasteiger partial charge on any atom is 0.138 e. The van der Waals surface area contributed by atoms with E-state index in [9.17, 15) is 0 Å². The van der Waals surface area contributed by atoms with Crippen molar-refractivity contribution in [2.24, 2.45) is 0 Å². The number of ether oxygens (including phenoxy) is 4. The van der Waals surface area contributed by atoms with Gasteiger partial charge in [-0.25, -0.2) is 0 Å². The van der Waals surface area contributed by atoms with E-state index in [-0.39, 0.29) is 0 Å². The average molecular weight is 391 g/mol. The van der Waals surface area contributed by atoms with Crippen LogP contribution in [0.1, 0.15) is 5.56 Å². The second-order valence-electron chi connectivity index (χ2n) is 5.27. The maximum atomic E-state index is 5.78. The van der Waals surface area contributed by atoms with Crippen LogP contribution in [0.3, 0.4) is 0 Å². The van der Waals surface area contributed by atoms with Gasteiger partial charge in [-0.1, -0.05) is 40.2 Å². The molecule has 0 amide bonds. The Balaban J connectivity index is 2.68. The summed E-state index contributed by atoms with van der Waals surface area (Å²) in [5.41, 5.74) is 0.984. The molecule has 0 fully saturated rings. The highest BCUT2D eigenvalue weighted by molar-refractivity contribution is 9.08. The maximum absolute atomic E-state index is 5.78. The van der Waals surface area contributed by atoms with Gasteiger partial charge < -0.3 is 18.9 Å². The molecule has 0 saturated heterocycles. The molecule has 0 aliphatic rings. The first-order valence-corrected chi connectivity index (χ1v) is 8.60. The molecule has 0 aliphatic carbocycles. The highest BCUT2D eigenvalue weighted by Gasteiger charge is 2.24. The third-order valence-electron chi connectivity index (χ3n) is 4.17. The number of hydrogen-bond donors (Lipinski definition) is 0. The lowest BCUT2D eigenvalue weighted by Gasteiger charge is -2.20. The first kappa shape index (κ1) is 16.7. The summed E-state index contributed by atoms with van der Waals surface area (Å²) in [6, 6.07) is 9.96. The first-order valence-electron chi connectivity index (χ1n) is 7.48. The average Bonchev–Trinajstić information content (AvgIpc) is 2.64. The molecule has 0 atom stereocenters. The van der Waals surface area contributed by atoms with E-state index < -0.39 is 0 Å². The van der Waals surface area contributed by atoms with Crippen molar-refractivity contribution < 1.29 is 18.9 Å². The van der Waals surface area contributed by atoms with Crippen molar-refractivity contribution in [3.8, 4) is 23.0 Å². The topological polar surface area (TPSA) is 36.9 Å². The van der Waals surface area contributed by atoms with Crippen LogP contribution < -0.4 is 18.9 Å². The molecule has 0 bridgehead atoms. The molecule has 3 rings (SSSR count). The molecule has 0 radical (unpaired) electrons. The minimum absolute atomic E-state index is 0.640. The van der Waals surface area contributed by atoms with Crippen molar-refractivity contribution in [2.45, 2.75) is 5.33 Å². The molecule has 0 spiro atoms. The van der Waals surface area contributed by atoms with Crippen LogP contribution in [0.15, 0.2) is 30.3 Å². The summed E-state index contributed by atoms with van der Waals surface area (Å²) in [7, 11) is 6.65. The van der Waals surface area contributed by atoms with E-state index in [1.165, 1.54) is 0 Å². The summed E-state index contributed by atoms with van der Waals surface area (Å²) >= 11 is 3.52. The van der Waals surface area contributed by atoms with Gasteiger partial charge in [0.1, 0.15) is 23.0 Å². The largest absolute Gasteiger partial charge is 0.496 e. The molecule has 4 nitrogen and oxygen atoms in total. The number of fused-ring (bicyclic) bond motifs is 2. The fourth-order valence-corrected chi connectivity index (χ4v) is 3.62. The summed E-state index contributed by atoms with van der Waals surface area (Å²) < 4.78 is 22.9. The van der Waals surface area contributed by atoms with Gasteiger partial charge in [0.25, 0.3) is 0 Å². The standard InChI is InChI=1S/C19H19BrO4/c1-21-14-9-11(10-20)17(22-2)16-15(14)18(23-3)12-7-5-6-8-13(12)19(16)24-4/h5-9H,10H2,1-4H3. The molecule has 3 aromatic rings. The predicted octanol–water partition coefficient (Wildman–Crippen LogP) is 4.92. The molecule has 0 heterocycles. The molecule has 0 unspecified atom stereocenters. The van der Waals surface area contributed by atoms with Crippen LogP contribution in [0, 0.1) is 0 Å². The van der Waals surface area contributed by atoms with Gasteiger partial charge in [0, 0.05) is 21.7 Å². The van der Waals surface area contributed by atoms with Gasteiger partial charge in [-0.15, -0.1) is 0 Å². The van der Waals surface area contributed by atoms with Crippen molar-refractivity contribution in [3.63, 3.8) is 0 Å². The number of methoxy groups -OCH3 is 4. The van der Waals surface area contributed by atoms with Gasteiger partial charge in [0.2, 0.25) is 0 Å². The van der Waals surface area contributed by atoms with E-state index in [4.69, 9.17) is 18.9 Å². The second-order valence-corrected chi connectivity index (χ2v) is 5.83. The quantitative estimate of drug-likeness (QED) is 0.457. The molecular formula is C19H19BrO4. The van der Waals surface area contributed by atoms with Gasteiger partial charge in [0.05, 0.1) is 39.2 Å². The monoisotopic (exact) mass is 390 g/mol. The Labute approximate surface area is 149 Å². The van der Waals surface area contributed by atoms with Crippen LogP contribution in [-0.2, 0) is 5.33 Å². The predicted molar refractivity (Wildman–Crippen MR) is 100 cm³/mol. The lowest BCUT2D eigenvalue weighted by molar-refractivity contribution is 0.394. The zero-order valence-electron chi connectivity index (χ0n) is 14.1. The molecule has 126 valence electrons. The van der Waals surface area contributed by atoms with Gasteiger partial charge in [-0.05, 0) is 6.07 Å². The van der Waals surface area contributed by atoms with Gasteiger partial charge >= 0.3 is 0 Å². The zero-order chi connectivity index (χ0) is 17.3. The van der Waals surface area contributed by atoms with Crippen LogP contribution in [0.2, 0.25) is 0 Å². The molecular weight excluding hydrogens is 372 g/mol. The van der Waals surface area contributed by atoms with Crippen molar-refractivity contribution in [1.29, 1.82) is 0 Å². The summed E-state index contributed by atoms with van der Waals surface area (Å²) in [5, 5.41) is 4.27. The van der Waals surface area contributed by atoms with Crippen molar-refractivity contribution in [1.82, 2.24) is 0 Å². The summed E-state index contributed by atoms with van der Waals surface area (Å²) in [6.07, 6.45) is 0. The molecule has 0 saturated carbocycles. The van der Waals surface area contributed by atoms with Gasteiger partial charge in [-0.3, -0.25) is 0 Å². The van der Waals surface area contributed by atoms with Gasteiger partial charge in [0.15, 0.2) is 0 Å². The highest BCUT2D eigenvalue weighted by Crippen LogP contribution is 2.51. The fraction of sp³-hybridized carbons (Fsp3) is 0.263. The first-order chi connectivity index (χ1) is 11.7. The second kappa shape index (κ2) is 6.77. The van der Waals surface area contributed by atoms with Crippen molar-refractivity contribution in [2.75, 3.05) is 28.4 Å². The fourth-order valence-electron chi connectivity index (χ4n) is 3.20. The number of halogens is 1. The van der Waals surface area contributed by atoms with E-state index in [1.54, 1.807) is 28.4 Å². The lowest BCUT2D eigenvalue weighted by Crippen LogP contribution is -2.00. The van der Waals surface area contributed by atoms with Crippen molar-refractivity contribution in [3.05, 3.63) is 35.9 Å². The molecule has 0 aromatic heterocycles. The van der Waals surface area contributed by atoms with Crippen LogP contribution in [0.25, 0.3) is 21.5 Å². The molecule has 24 heavy (non-hydrogen) atoms. The minimum atomic E-state index is 0.640. The lowest BCUT2D eigenvalue weighted by atomic mass is 9.97. The zero-order valence-corrected chi connectivity index (χ0v) is 15.7. The molecule has 0 aliphatic heterocycles.